The molecule has 2 amide bonds. The Morgan fingerprint density at radius 3 is 2.76 bits per heavy atom. The molecule has 0 aromatic heterocycles. The molecule has 25 heavy (non-hydrogen) atoms. The van der Waals surface area contributed by atoms with Crippen LogP contribution >= 0.6 is 11.8 Å². The summed E-state index contributed by atoms with van der Waals surface area (Å²) in [4.78, 5) is 35.8. The van der Waals surface area contributed by atoms with Gasteiger partial charge in [-0.15, -0.1) is 6.42 Å². The highest BCUT2D eigenvalue weighted by atomic mass is 32.2. The number of hydrogen-bond donors (Lipinski definition) is 1. The molecule has 0 aliphatic carbocycles. The molecule has 1 aliphatic rings. The summed E-state index contributed by atoms with van der Waals surface area (Å²) in [5.41, 5.74) is 0.609. The SMILES string of the molecule is C#CCN1C(=O)S/C(=C\c2ccc(OCC(=O)O)c(OCC)c2)C1=O. The number of rotatable bonds is 7. The lowest BCUT2D eigenvalue weighted by Gasteiger charge is -2.11. The maximum Gasteiger partial charge on any atom is 0.341 e. The zero-order valence-corrected chi connectivity index (χ0v) is 14.2. The molecule has 1 fully saturated rings. The van der Waals surface area contributed by atoms with Crippen LogP contribution in [0.25, 0.3) is 6.08 Å². The van der Waals surface area contributed by atoms with Crippen molar-refractivity contribution in [2.45, 2.75) is 6.92 Å². The molecule has 1 saturated heterocycles. The molecule has 0 radical (unpaired) electrons. The van der Waals surface area contributed by atoms with Gasteiger partial charge in [-0.3, -0.25) is 14.5 Å². The van der Waals surface area contributed by atoms with Gasteiger partial charge in [0.25, 0.3) is 11.1 Å². The maximum atomic E-state index is 12.2. The van der Waals surface area contributed by atoms with Crippen molar-refractivity contribution in [1.29, 1.82) is 0 Å². The van der Waals surface area contributed by atoms with Gasteiger partial charge in [-0.2, -0.15) is 0 Å². The van der Waals surface area contributed by atoms with Crippen molar-refractivity contribution < 1.29 is 29.0 Å². The van der Waals surface area contributed by atoms with E-state index in [0.717, 1.165) is 16.7 Å². The summed E-state index contributed by atoms with van der Waals surface area (Å²) in [6.07, 6.45) is 6.70. The predicted molar refractivity (Wildman–Crippen MR) is 92.3 cm³/mol. The largest absolute Gasteiger partial charge is 0.490 e. The monoisotopic (exact) mass is 361 g/mol. The summed E-state index contributed by atoms with van der Waals surface area (Å²) in [6.45, 7) is 1.56. The van der Waals surface area contributed by atoms with Crippen molar-refractivity contribution in [2.75, 3.05) is 19.8 Å². The van der Waals surface area contributed by atoms with Crippen molar-refractivity contribution in [2.24, 2.45) is 0 Å². The van der Waals surface area contributed by atoms with Gasteiger partial charge in [0.15, 0.2) is 18.1 Å². The third-order valence-electron chi connectivity index (χ3n) is 3.04. The second kappa shape index (κ2) is 8.26. The molecule has 1 aromatic carbocycles. The van der Waals surface area contributed by atoms with Crippen LogP contribution in [0, 0.1) is 12.3 Å². The number of carbonyl (C=O) groups excluding carboxylic acids is 2. The number of terminal acetylenes is 1. The molecule has 1 N–H and O–H groups in total. The van der Waals surface area contributed by atoms with Crippen molar-refractivity contribution in [1.82, 2.24) is 4.90 Å². The molecule has 1 heterocycles. The third-order valence-corrected chi connectivity index (χ3v) is 3.95. The van der Waals surface area contributed by atoms with Gasteiger partial charge in [-0.1, -0.05) is 12.0 Å². The van der Waals surface area contributed by atoms with Crippen molar-refractivity contribution in [3.05, 3.63) is 28.7 Å². The lowest BCUT2D eigenvalue weighted by Crippen LogP contribution is -2.28. The molecule has 130 valence electrons. The van der Waals surface area contributed by atoms with Gasteiger partial charge >= 0.3 is 5.97 Å². The second-order valence-electron chi connectivity index (χ2n) is 4.79. The molecule has 0 unspecified atom stereocenters. The predicted octanol–water partition coefficient (Wildman–Crippen LogP) is 2.22. The Morgan fingerprint density at radius 1 is 1.36 bits per heavy atom. The standard InChI is InChI=1S/C17H15NO6S/c1-3-7-18-16(21)14(25-17(18)22)9-11-5-6-12(24-10-15(19)20)13(8-11)23-4-2/h1,5-6,8-9H,4,7,10H2,2H3,(H,19,20)/b14-9-. The van der Waals surface area contributed by atoms with Crippen LogP contribution in [0.5, 0.6) is 11.5 Å². The maximum absolute atomic E-state index is 12.2. The molecule has 8 heteroatoms. The van der Waals surface area contributed by atoms with E-state index in [4.69, 9.17) is 21.0 Å². The highest BCUT2D eigenvalue weighted by molar-refractivity contribution is 8.18. The number of carboxylic acid groups (broad SMARTS) is 1. The third kappa shape index (κ3) is 4.55. The second-order valence-corrected chi connectivity index (χ2v) is 5.79. The first-order valence-electron chi connectivity index (χ1n) is 7.26. The Labute approximate surface area is 148 Å². The van der Waals surface area contributed by atoms with Crippen molar-refractivity contribution in [3.63, 3.8) is 0 Å². The first-order chi connectivity index (χ1) is 12.0. The lowest BCUT2D eigenvalue weighted by atomic mass is 10.2. The van der Waals surface area contributed by atoms with Gasteiger partial charge < -0.3 is 14.6 Å². The molecule has 0 atom stereocenters. The Balaban J connectivity index is 2.26. The number of carbonyl (C=O) groups is 3. The first-order valence-corrected chi connectivity index (χ1v) is 8.08. The van der Waals surface area contributed by atoms with E-state index < -0.39 is 23.7 Å². The average molecular weight is 361 g/mol. The number of aliphatic carboxylic acids is 1. The summed E-state index contributed by atoms with van der Waals surface area (Å²) in [5, 5.41) is 8.28. The van der Waals surface area contributed by atoms with Crippen LogP contribution in [0.15, 0.2) is 23.1 Å². The molecule has 0 bridgehead atoms. The fourth-order valence-corrected chi connectivity index (χ4v) is 2.86. The smallest absolute Gasteiger partial charge is 0.341 e. The molecule has 7 nitrogen and oxygen atoms in total. The van der Waals surface area contributed by atoms with Crippen molar-refractivity contribution in [3.8, 4) is 23.8 Å². The van der Waals surface area contributed by atoms with Gasteiger partial charge in [0.05, 0.1) is 18.1 Å². The summed E-state index contributed by atoms with van der Waals surface area (Å²) in [6, 6.07) is 4.79. The number of carboxylic acids is 1. The number of amides is 2. The van der Waals surface area contributed by atoms with Gasteiger partial charge in [-0.25, -0.2) is 4.79 Å². The van der Waals surface area contributed by atoms with Gasteiger partial charge in [0.1, 0.15) is 0 Å². The minimum absolute atomic E-state index is 0.0752. The van der Waals surface area contributed by atoms with E-state index in [1.807, 2.05) is 0 Å². The van der Waals surface area contributed by atoms with Crippen LogP contribution < -0.4 is 9.47 Å². The minimum atomic E-state index is -1.10. The van der Waals surface area contributed by atoms with Crippen LogP contribution in [0.2, 0.25) is 0 Å². The topological polar surface area (TPSA) is 93.1 Å². The highest BCUT2D eigenvalue weighted by Gasteiger charge is 2.34. The summed E-state index contributed by atoms with van der Waals surface area (Å²) in [7, 11) is 0. The number of benzene rings is 1. The Bertz CT molecular complexity index is 780. The molecule has 0 spiro atoms. The summed E-state index contributed by atoms with van der Waals surface area (Å²) < 4.78 is 10.6. The zero-order valence-electron chi connectivity index (χ0n) is 13.4. The minimum Gasteiger partial charge on any atom is -0.490 e. The number of thioether (sulfide) groups is 1. The summed E-state index contributed by atoms with van der Waals surface area (Å²) >= 11 is 0.807. The molecule has 1 aromatic rings. The molecule has 1 aliphatic heterocycles. The van der Waals surface area contributed by atoms with Crippen LogP contribution in [-0.4, -0.2) is 46.9 Å². The van der Waals surface area contributed by atoms with E-state index in [1.165, 1.54) is 0 Å². The molecular formula is C17H15NO6S. The van der Waals surface area contributed by atoms with Crippen LogP contribution in [0.3, 0.4) is 0 Å². The number of imide groups is 1. The normalized spacial score (nSPS) is 15.4. The van der Waals surface area contributed by atoms with Gasteiger partial charge in [-0.05, 0) is 42.5 Å². The Kier molecular flexibility index (Phi) is 6.08. The van der Waals surface area contributed by atoms with E-state index >= 15 is 0 Å². The van der Waals surface area contributed by atoms with E-state index in [1.54, 1.807) is 31.2 Å². The zero-order chi connectivity index (χ0) is 18.4. The fourth-order valence-electron chi connectivity index (χ4n) is 2.02. The van der Waals surface area contributed by atoms with E-state index in [0.29, 0.717) is 17.9 Å². The number of ether oxygens (including phenoxy) is 2. The Morgan fingerprint density at radius 2 is 2.12 bits per heavy atom. The van der Waals surface area contributed by atoms with E-state index in [2.05, 4.69) is 5.92 Å². The lowest BCUT2D eigenvalue weighted by molar-refractivity contribution is -0.139. The summed E-state index contributed by atoms with van der Waals surface area (Å²) in [5.74, 6) is 1.35. The van der Waals surface area contributed by atoms with Crippen molar-refractivity contribution >= 4 is 35.0 Å². The highest BCUT2D eigenvalue weighted by Crippen LogP contribution is 2.34. The first kappa shape index (κ1) is 18.4. The quantitative estimate of drug-likeness (QED) is 0.588. The van der Waals surface area contributed by atoms with Crippen LogP contribution in [0.4, 0.5) is 4.79 Å². The van der Waals surface area contributed by atoms with E-state index in [-0.39, 0.29) is 17.2 Å². The average Bonchev–Trinajstić information content (AvgIpc) is 2.82. The molecule has 0 saturated carbocycles. The molecular weight excluding hydrogens is 346 g/mol. The molecule has 2 rings (SSSR count). The van der Waals surface area contributed by atoms with Crippen LogP contribution in [0.1, 0.15) is 12.5 Å². The fraction of sp³-hybridized carbons (Fsp3) is 0.235. The number of hydrogen-bond acceptors (Lipinski definition) is 6. The number of nitrogens with zero attached hydrogens (tertiary/aromatic N) is 1. The van der Waals surface area contributed by atoms with Crippen LogP contribution in [-0.2, 0) is 9.59 Å². The Hall–Kier alpha value is -2.92. The van der Waals surface area contributed by atoms with Gasteiger partial charge in [0, 0.05) is 0 Å². The van der Waals surface area contributed by atoms with Gasteiger partial charge in [0.2, 0.25) is 0 Å². The van der Waals surface area contributed by atoms with E-state index in [9.17, 15) is 14.4 Å².